The van der Waals surface area contributed by atoms with E-state index in [0.29, 0.717) is 25.0 Å². The average Bonchev–Trinajstić information content (AvgIpc) is 2.54. The van der Waals surface area contributed by atoms with Crippen molar-refractivity contribution in [2.75, 3.05) is 25.6 Å². The molecule has 1 aliphatic rings. The minimum absolute atomic E-state index is 0.0210. The Bertz CT molecular complexity index is 258. The van der Waals surface area contributed by atoms with Gasteiger partial charge in [-0.1, -0.05) is 0 Å². The molecule has 0 spiro atoms. The van der Waals surface area contributed by atoms with Gasteiger partial charge in [-0.05, 0) is 0 Å². The van der Waals surface area contributed by atoms with Gasteiger partial charge in [0.25, 0.3) is 0 Å². The van der Waals surface area contributed by atoms with E-state index >= 15 is 0 Å². The van der Waals surface area contributed by atoms with Gasteiger partial charge >= 0.3 is 0 Å². The van der Waals surface area contributed by atoms with E-state index in [0.717, 1.165) is 5.69 Å². The summed E-state index contributed by atoms with van der Waals surface area (Å²) in [5.74, 6) is 0. The van der Waals surface area contributed by atoms with E-state index in [9.17, 15) is 0 Å². The Kier molecular flexibility index (Phi) is 2.25. The van der Waals surface area contributed by atoms with Gasteiger partial charge in [0.2, 0.25) is 0 Å². The Balaban J connectivity index is 2.08. The summed E-state index contributed by atoms with van der Waals surface area (Å²) in [5, 5.41) is 2.49. The first-order valence-electron chi connectivity index (χ1n) is 3.76. The van der Waals surface area contributed by atoms with E-state index in [4.69, 9.17) is 15.2 Å². The highest BCUT2D eigenvalue weighted by molar-refractivity contribution is 7.13. The average molecular weight is 186 g/mol. The number of anilines is 1. The lowest BCUT2D eigenvalue weighted by atomic mass is 10.3. The number of nitrogens with zero attached hydrogens (tertiary/aromatic N) is 1. The lowest BCUT2D eigenvalue weighted by Gasteiger charge is -2.20. The highest BCUT2D eigenvalue weighted by Crippen LogP contribution is 2.23. The van der Waals surface area contributed by atoms with Crippen molar-refractivity contribution in [1.29, 1.82) is 0 Å². The molecule has 1 fully saturated rings. The summed E-state index contributed by atoms with van der Waals surface area (Å²) in [7, 11) is 0. The molecule has 2 heterocycles. The summed E-state index contributed by atoms with van der Waals surface area (Å²) in [6.45, 7) is 1.90. The molecular weight excluding hydrogens is 176 g/mol. The first-order valence-corrected chi connectivity index (χ1v) is 4.64. The topological polar surface area (TPSA) is 57.4 Å². The predicted octanol–water partition coefficient (Wildman–Crippen LogP) is 0.813. The van der Waals surface area contributed by atoms with Crippen LogP contribution in [-0.2, 0) is 9.47 Å². The van der Waals surface area contributed by atoms with E-state index in [1.807, 2.05) is 5.38 Å². The Morgan fingerprint density at radius 2 is 2.50 bits per heavy atom. The zero-order chi connectivity index (χ0) is 8.39. The van der Waals surface area contributed by atoms with Crippen LogP contribution in [-0.4, -0.2) is 24.8 Å². The van der Waals surface area contributed by atoms with Crippen LogP contribution in [0.3, 0.4) is 0 Å². The van der Waals surface area contributed by atoms with E-state index in [-0.39, 0.29) is 6.10 Å². The first kappa shape index (κ1) is 7.97. The lowest BCUT2D eigenvalue weighted by Crippen LogP contribution is -2.22. The van der Waals surface area contributed by atoms with E-state index in [1.165, 1.54) is 11.3 Å². The van der Waals surface area contributed by atoms with Crippen molar-refractivity contribution in [3.8, 4) is 0 Å². The number of ether oxygens (including phenoxy) is 2. The standard InChI is InChI=1S/C7H10N2O2S/c8-7-9-5(4-12-7)6-3-10-1-2-11-6/h4,6H,1-3H2,(H2,8,9). The van der Waals surface area contributed by atoms with Crippen LogP contribution in [0, 0.1) is 0 Å². The Morgan fingerprint density at radius 1 is 1.58 bits per heavy atom. The van der Waals surface area contributed by atoms with Crippen molar-refractivity contribution in [3.63, 3.8) is 0 Å². The number of thiazole rings is 1. The summed E-state index contributed by atoms with van der Waals surface area (Å²) in [5.41, 5.74) is 6.38. The minimum Gasteiger partial charge on any atom is -0.376 e. The molecule has 12 heavy (non-hydrogen) atoms. The van der Waals surface area contributed by atoms with Crippen molar-refractivity contribution >= 4 is 16.5 Å². The molecule has 1 aliphatic heterocycles. The van der Waals surface area contributed by atoms with E-state index in [1.54, 1.807) is 0 Å². The van der Waals surface area contributed by atoms with Crippen LogP contribution in [0.25, 0.3) is 0 Å². The summed E-state index contributed by atoms with van der Waals surface area (Å²) < 4.78 is 10.7. The number of hydrogen-bond acceptors (Lipinski definition) is 5. The molecule has 0 saturated carbocycles. The van der Waals surface area contributed by atoms with Crippen molar-refractivity contribution in [3.05, 3.63) is 11.1 Å². The van der Waals surface area contributed by atoms with Crippen LogP contribution in [0.15, 0.2) is 5.38 Å². The minimum atomic E-state index is -0.0210. The van der Waals surface area contributed by atoms with Crippen LogP contribution < -0.4 is 5.73 Å². The zero-order valence-electron chi connectivity index (χ0n) is 6.53. The lowest BCUT2D eigenvalue weighted by molar-refractivity contribution is -0.0915. The SMILES string of the molecule is Nc1nc(C2COCCO2)cs1. The summed E-state index contributed by atoms with van der Waals surface area (Å²) in [6, 6.07) is 0. The van der Waals surface area contributed by atoms with Gasteiger partial charge in [0, 0.05) is 5.38 Å². The van der Waals surface area contributed by atoms with Crippen molar-refractivity contribution < 1.29 is 9.47 Å². The normalized spacial score (nSPS) is 24.2. The smallest absolute Gasteiger partial charge is 0.180 e. The van der Waals surface area contributed by atoms with Crippen LogP contribution in [0.2, 0.25) is 0 Å². The second kappa shape index (κ2) is 3.38. The molecule has 1 aromatic rings. The molecule has 4 nitrogen and oxygen atoms in total. The number of nitrogen functional groups attached to an aromatic ring is 1. The number of aromatic nitrogens is 1. The summed E-state index contributed by atoms with van der Waals surface area (Å²) in [6.07, 6.45) is -0.0210. The maximum absolute atomic E-state index is 5.50. The van der Waals surface area contributed by atoms with Gasteiger partial charge in [-0.3, -0.25) is 0 Å². The fraction of sp³-hybridized carbons (Fsp3) is 0.571. The molecule has 0 amide bonds. The van der Waals surface area contributed by atoms with Gasteiger partial charge in [0.05, 0.1) is 25.5 Å². The van der Waals surface area contributed by atoms with E-state index < -0.39 is 0 Å². The second-order valence-corrected chi connectivity index (χ2v) is 3.43. The molecule has 66 valence electrons. The molecule has 2 rings (SSSR count). The van der Waals surface area contributed by atoms with Crippen LogP contribution in [0.5, 0.6) is 0 Å². The highest BCUT2D eigenvalue weighted by Gasteiger charge is 2.18. The maximum atomic E-state index is 5.50. The molecule has 0 radical (unpaired) electrons. The molecule has 0 aromatic carbocycles. The van der Waals surface area contributed by atoms with Crippen molar-refractivity contribution in [1.82, 2.24) is 4.98 Å². The molecular formula is C7H10N2O2S. The maximum Gasteiger partial charge on any atom is 0.180 e. The van der Waals surface area contributed by atoms with Gasteiger partial charge < -0.3 is 15.2 Å². The quantitative estimate of drug-likeness (QED) is 0.705. The van der Waals surface area contributed by atoms with E-state index in [2.05, 4.69) is 4.98 Å². The fourth-order valence-electron chi connectivity index (χ4n) is 1.11. The number of nitrogens with two attached hydrogens (primary N) is 1. The Morgan fingerprint density at radius 3 is 3.08 bits per heavy atom. The molecule has 0 bridgehead atoms. The first-order chi connectivity index (χ1) is 5.86. The van der Waals surface area contributed by atoms with Crippen LogP contribution >= 0.6 is 11.3 Å². The highest BCUT2D eigenvalue weighted by atomic mass is 32.1. The third kappa shape index (κ3) is 1.57. The van der Waals surface area contributed by atoms with Crippen molar-refractivity contribution in [2.45, 2.75) is 6.10 Å². The van der Waals surface area contributed by atoms with Gasteiger partial charge in [-0.2, -0.15) is 0 Å². The molecule has 1 saturated heterocycles. The third-order valence-electron chi connectivity index (χ3n) is 1.69. The monoisotopic (exact) mass is 186 g/mol. The molecule has 1 aromatic heterocycles. The largest absolute Gasteiger partial charge is 0.376 e. The third-order valence-corrected chi connectivity index (χ3v) is 2.38. The predicted molar refractivity (Wildman–Crippen MR) is 46.0 cm³/mol. The number of hydrogen-bond donors (Lipinski definition) is 1. The van der Waals surface area contributed by atoms with Crippen LogP contribution in [0.4, 0.5) is 5.13 Å². The number of rotatable bonds is 1. The van der Waals surface area contributed by atoms with Gasteiger partial charge in [0.1, 0.15) is 6.10 Å². The van der Waals surface area contributed by atoms with Gasteiger partial charge in [-0.25, -0.2) is 4.98 Å². The summed E-state index contributed by atoms with van der Waals surface area (Å²) >= 11 is 1.43. The Labute approximate surface area is 74.3 Å². The second-order valence-electron chi connectivity index (χ2n) is 2.54. The fourth-order valence-corrected chi connectivity index (χ4v) is 1.71. The zero-order valence-corrected chi connectivity index (χ0v) is 7.34. The van der Waals surface area contributed by atoms with Gasteiger partial charge in [0.15, 0.2) is 5.13 Å². The molecule has 0 aliphatic carbocycles. The molecule has 5 heteroatoms. The molecule has 2 N–H and O–H groups in total. The summed E-state index contributed by atoms with van der Waals surface area (Å²) in [4.78, 5) is 4.13. The molecule has 1 atom stereocenters. The van der Waals surface area contributed by atoms with Crippen molar-refractivity contribution in [2.24, 2.45) is 0 Å². The van der Waals surface area contributed by atoms with Crippen LogP contribution in [0.1, 0.15) is 11.8 Å². The Hall–Kier alpha value is -0.650. The van der Waals surface area contributed by atoms with Gasteiger partial charge in [-0.15, -0.1) is 11.3 Å². The molecule has 1 unspecified atom stereocenters.